The summed E-state index contributed by atoms with van der Waals surface area (Å²) in [6.45, 7) is 0. The van der Waals surface area contributed by atoms with Crippen molar-refractivity contribution in [3.05, 3.63) is 41.0 Å². The molecule has 0 saturated heterocycles. The Labute approximate surface area is 106 Å². The average molecular weight is 274 g/mol. The quantitative estimate of drug-likeness (QED) is 0.679. The first kappa shape index (κ1) is 14.7. The molecule has 0 aromatic heterocycles. The molecule has 7 heteroatoms. The van der Waals surface area contributed by atoms with Gasteiger partial charge < -0.3 is 9.84 Å². The fraction of sp³-hybridized carbons (Fsp3) is 0.167. The standard InChI is InChI=1S/C12H9F3O4/c1-19-10(16)3-2-7-4-8(11(17)18)6-9(5-7)12(13,14)15/h2-6H,1H3,(H,17,18). The van der Waals surface area contributed by atoms with Crippen molar-refractivity contribution in [3.63, 3.8) is 0 Å². The number of methoxy groups -OCH3 is 1. The third-order valence-corrected chi connectivity index (χ3v) is 2.14. The number of carbonyl (C=O) groups is 2. The number of rotatable bonds is 3. The minimum absolute atomic E-state index is 0.0578. The van der Waals surface area contributed by atoms with E-state index in [1.165, 1.54) is 0 Å². The topological polar surface area (TPSA) is 63.6 Å². The summed E-state index contributed by atoms with van der Waals surface area (Å²) in [5.41, 5.74) is -1.67. The van der Waals surface area contributed by atoms with Gasteiger partial charge in [-0.15, -0.1) is 0 Å². The van der Waals surface area contributed by atoms with Crippen LogP contribution in [0.1, 0.15) is 21.5 Å². The predicted molar refractivity (Wildman–Crippen MR) is 59.5 cm³/mol. The van der Waals surface area contributed by atoms with E-state index in [-0.39, 0.29) is 5.56 Å². The Kier molecular flexibility index (Phi) is 4.31. The molecule has 19 heavy (non-hydrogen) atoms. The largest absolute Gasteiger partial charge is 0.478 e. The molecule has 1 rings (SSSR count). The fourth-order valence-electron chi connectivity index (χ4n) is 1.27. The number of carboxylic acids is 1. The highest BCUT2D eigenvalue weighted by molar-refractivity contribution is 5.90. The molecule has 0 aliphatic carbocycles. The van der Waals surface area contributed by atoms with Gasteiger partial charge >= 0.3 is 18.1 Å². The van der Waals surface area contributed by atoms with E-state index in [1.807, 2.05) is 0 Å². The molecule has 102 valence electrons. The highest BCUT2D eigenvalue weighted by Crippen LogP contribution is 2.31. The number of carboxylic acid groups (broad SMARTS) is 1. The zero-order chi connectivity index (χ0) is 14.6. The monoisotopic (exact) mass is 274 g/mol. The number of alkyl halides is 3. The first-order valence-electron chi connectivity index (χ1n) is 4.95. The zero-order valence-corrected chi connectivity index (χ0v) is 9.69. The van der Waals surface area contributed by atoms with Gasteiger partial charge in [0.2, 0.25) is 0 Å². The summed E-state index contributed by atoms with van der Waals surface area (Å²) >= 11 is 0. The number of halogens is 3. The summed E-state index contributed by atoms with van der Waals surface area (Å²) in [6, 6.07) is 2.29. The van der Waals surface area contributed by atoms with Gasteiger partial charge in [0.15, 0.2) is 0 Å². The van der Waals surface area contributed by atoms with Gasteiger partial charge in [-0.25, -0.2) is 9.59 Å². The van der Waals surface area contributed by atoms with E-state index in [0.717, 1.165) is 31.4 Å². The van der Waals surface area contributed by atoms with Crippen LogP contribution in [-0.2, 0) is 15.7 Å². The third kappa shape index (κ3) is 4.13. The van der Waals surface area contributed by atoms with E-state index in [2.05, 4.69) is 4.74 Å². The van der Waals surface area contributed by atoms with E-state index in [1.54, 1.807) is 0 Å². The highest BCUT2D eigenvalue weighted by Gasteiger charge is 2.31. The van der Waals surface area contributed by atoms with Crippen LogP contribution in [0.4, 0.5) is 13.2 Å². The SMILES string of the molecule is COC(=O)C=Cc1cc(C(=O)O)cc(C(F)(F)F)c1. The number of carbonyl (C=O) groups excluding carboxylic acids is 1. The van der Waals surface area contributed by atoms with Gasteiger partial charge in [0.05, 0.1) is 18.2 Å². The van der Waals surface area contributed by atoms with Crippen molar-refractivity contribution in [1.29, 1.82) is 0 Å². The lowest BCUT2D eigenvalue weighted by atomic mass is 10.0. The van der Waals surface area contributed by atoms with Crippen LogP contribution in [0, 0.1) is 0 Å². The Morgan fingerprint density at radius 3 is 2.37 bits per heavy atom. The van der Waals surface area contributed by atoms with Crippen LogP contribution in [-0.4, -0.2) is 24.2 Å². The van der Waals surface area contributed by atoms with Crippen LogP contribution < -0.4 is 0 Å². The van der Waals surface area contributed by atoms with Gasteiger partial charge in [-0.3, -0.25) is 0 Å². The Balaban J connectivity index is 3.25. The summed E-state index contributed by atoms with van der Waals surface area (Å²) < 4.78 is 42.0. The second-order valence-electron chi connectivity index (χ2n) is 3.50. The fourth-order valence-corrected chi connectivity index (χ4v) is 1.27. The van der Waals surface area contributed by atoms with E-state index in [4.69, 9.17) is 5.11 Å². The van der Waals surface area contributed by atoms with E-state index in [9.17, 15) is 22.8 Å². The van der Waals surface area contributed by atoms with Gasteiger partial charge in [-0.2, -0.15) is 13.2 Å². The summed E-state index contributed by atoms with van der Waals surface area (Å²) in [5, 5.41) is 8.74. The van der Waals surface area contributed by atoms with Crippen LogP contribution in [0.5, 0.6) is 0 Å². The van der Waals surface area contributed by atoms with Crippen molar-refractivity contribution in [3.8, 4) is 0 Å². The zero-order valence-electron chi connectivity index (χ0n) is 9.69. The van der Waals surface area contributed by atoms with Crippen molar-refractivity contribution in [2.75, 3.05) is 7.11 Å². The smallest absolute Gasteiger partial charge is 0.416 e. The number of benzene rings is 1. The Morgan fingerprint density at radius 1 is 1.26 bits per heavy atom. The van der Waals surface area contributed by atoms with Crippen molar-refractivity contribution in [1.82, 2.24) is 0 Å². The molecule has 0 fully saturated rings. The molecular formula is C12H9F3O4. The van der Waals surface area contributed by atoms with E-state index in [0.29, 0.717) is 6.07 Å². The second-order valence-corrected chi connectivity index (χ2v) is 3.50. The minimum atomic E-state index is -4.67. The molecular weight excluding hydrogens is 265 g/mol. The van der Waals surface area contributed by atoms with Crippen molar-refractivity contribution < 1.29 is 32.6 Å². The first-order valence-corrected chi connectivity index (χ1v) is 4.95. The molecule has 0 spiro atoms. The Morgan fingerprint density at radius 2 is 1.89 bits per heavy atom. The molecule has 0 atom stereocenters. The lowest BCUT2D eigenvalue weighted by Crippen LogP contribution is -2.08. The molecule has 0 amide bonds. The van der Waals surface area contributed by atoms with Crippen LogP contribution >= 0.6 is 0 Å². The van der Waals surface area contributed by atoms with Crippen molar-refractivity contribution >= 4 is 18.0 Å². The van der Waals surface area contributed by atoms with Gasteiger partial charge in [0.25, 0.3) is 0 Å². The molecule has 0 aliphatic heterocycles. The summed E-state index contributed by atoms with van der Waals surface area (Å²) in [5.74, 6) is -2.24. The Hall–Kier alpha value is -2.31. The molecule has 1 aromatic carbocycles. The number of aromatic carboxylic acids is 1. The maximum absolute atomic E-state index is 12.6. The molecule has 1 aromatic rings. The molecule has 0 radical (unpaired) electrons. The summed E-state index contributed by atoms with van der Waals surface area (Å²) in [4.78, 5) is 21.6. The molecule has 4 nitrogen and oxygen atoms in total. The maximum atomic E-state index is 12.6. The van der Waals surface area contributed by atoms with Crippen LogP contribution in [0.25, 0.3) is 6.08 Å². The molecule has 0 unspecified atom stereocenters. The lowest BCUT2D eigenvalue weighted by molar-refractivity contribution is -0.137. The normalized spacial score (nSPS) is 11.6. The predicted octanol–water partition coefficient (Wildman–Crippen LogP) is 2.59. The molecule has 1 N–H and O–H groups in total. The molecule has 0 bridgehead atoms. The molecule has 0 aliphatic rings. The van der Waals surface area contributed by atoms with Crippen LogP contribution in [0.15, 0.2) is 24.3 Å². The lowest BCUT2D eigenvalue weighted by Gasteiger charge is -2.08. The summed E-state index contributed by atoms with van der Waals surface area (Å²) in [6.07, 6.45) is -2.71. The van der Waals surface area contributed by atoms with E-state index < -0.39 is 29.2 Å². The number of hydrogen-bond donors (Lipinski definition) is 1. The number of esters is 1. The average Bonchev–Trinajstić information content (AvgIpc) is 2.34. The Bertz CT molecular complexity index is 532. The third-order valence-electron chi connectivity index (χ3n) is 2.14. The second kappa shape index (κ2) is 5.55. The van der Waals surface area contributed by atoms with Crippen molar-refractivity contribution in [2.45, 2.75) is 6.18 Å². The first-order chi connectivity index (χ1) is 8.74. The summed E-state index contributed by atoms with van der Waals surface area (Å²) in [7, 11) is 1.11. The van der Waals surface area contributed by atoms with E-state index >= 15 is 0 Å². The van der Waals surface area contributed by atoms with Crippen molar-refractivity contribution in [2.24, 2.45) is 0 Å². The van der Waals surface area contributed by atoms with Crippen LogP contribution in [0.3, 0.4) is 0 Å². The van der Waals surface area contributed by atoms with Gasteiger partial charge in [0.1, 0.15) is 0 Å². The van der Waals surface area contributed by atoms with Gasteiger partial charge in [-0.1, -0.05) is 0 Å². The highest BCUT2D eigenvalue weighted by atomic mass is 19.4. The number of hydrogen-bond acceptors (Lipinski definition) is 3. The van der Waals surface area contributed by atoms with Gasteiger partial charge in [-0.05, 0) is 29.8 Å². The maximum Gasteiger partial charge on any atom is 0.416 e. The number of ether oxygens (including phenoxy) is 1. The molecule has 0 heterocycles. The molecule has 0 saturated carbocycles. The minimum Gasteiger partial charge on any atom is -0.478 e. The van der Waals surface area contributed by atoms with Crippen LogP contribution in [0.2, 0.25) is 0 Å². The van der Waals surface area contributed by atoms with Gasteiger partial charge in [0, 0.05) is 6.08 Å².